The average molecular weight is 272 g/mol. The van der Waals surface area contributed by atoms with Gasteiger partial charge in [-0.15, -0.1) is 0 Å². The van der Waals surface area contributed by atoms with Crippen LogP contribution in [0.3, 0.4) is 0 Å². The molecule has 2 aliphatic heterocycles. The molecule has 2 nitrogen and oxygen atoms in total. The molecule has 1 aromatic carbocycles. The van der Waals surface area contributed by atoms with Crippen molar-refractivity contribution in [2.75, 3.05) is 14.1 Å². The maximum absolute atomic E-state index is 3.62. The minimum atomic E-state index is 0.520. The predicted molar refractivity (Wildman–Crippen MR) is 85.0 cm³/mol. The van der Waals surface area contributed by atoms with Crippen LogP contribution < -0.4 is 5.32 Å². The highest BCUT2D eigenvalue weighted by Gasteiger charge is 2.41. The smallest absolute Gasteiger partial charge is 0.0350 e. The van der Waals surface area contributed by atoms with Crippen LogP contribution in [0.5, 0.6) is 0 Å². The molecule has 3 atom stereocenters. The Morgan fingerprint density at radius 1 is 1.15 bits per heavy atom. The van der Waals surface area contributed by atoms with E-state index in [0.29, 0.717) is 6.04 Å². The number of aryl methyl sites for hydroxylation is 1. The van der Waals surface area contributed by atoms with Gasteiger partial charge in [-0.05, 0) is 76.2 Å². The van der Waals surface area contributed by atoms with Crippen LogP contribution in [0.2, 0.25) is 0 Å². The van der Waals surface area contributed by atoms with Gasteiger partial charge in [0.05, 0.1) is 0 Å². The minimum Gasteiger partial charge on any atom is -0.313 e. The van der Waals surface area contributed by atoms with E-state index in [-0.39, 0.29) is 0 Å². The molecule has 0 aliphatic carbocycles. The van der Waals surface area contributed by atoms with Gasteiger partial charge in [-0.3, -0.25) is 0 Å². The number of hydrogen-bond donors (Lipinski definition) is 1. The van der Waals surface area contributed by atoms with Crippen LogP contribution in [-0.2, 0) is 0 Å². The summed E-state index contributed by atoms with van der Waals surface area (Å²) in [6, 6.07) is 8.92. The molecule has 2 bridgehead atoms. The molecular weight excluding hydrogens is 244 g/mol. The summed E-state index contributed by atoms with van der Waals surface area (Å²) in [5.41, 5.74) is 4.40. The van der Waals surface area contributed by atoms with E-state index >= 15 is 0 Å². The standard InChI is InChI=1S/C18H28N2/c1-12-6-5-7-17(13(12)2)18(19-3)14-10-15-8-9-16(11-14)20(15)4/h5-7,14-16,18-19H,8-11H2,1-4H3. The van der Waals surface area contributed by atoms with E-state index in [4.69, 9.17) is 0 Å². The highest BCUT2D eigenvalue weighted by molar-refractivity contribution is 5.36. The van der Waals surface area contributed by atoms with Gasteiger partial charge in [0, 0.05) is 18.1 Å². The SMILES string of the molecule is CNC(c1cccc(C)c1C)C1CC2CCC(C1)N2C. The second-order valence-corrected chi connectivity index (χ2v) is 6.84. The second-order valence-electron chi connectivity index (χ2n) is 6.84. The summed E-state index contributed by atoms with van der Waals surface area (Å²) in [5, 5.41) is 3.62. The molecule has 0 spiro atoms. The zero-order valence-electron chi connectivity index (χ0n) is 13.3. The second kappa shape index (κ2) is 5.50. The molecule has 2 heterocycles. The van der Waals surface area contributed by atoms with Crippen molar-refractivity contribution in [2.45, 2.75) is 57.7 Å². The van der Waals surface area contributed by atoms with Crippen molar-refractivity contribution in [1.82, 2.24) is 10.2 Å². The third-order valence-electron chi connectivity index (χ3n) is 5.90. The van der Waals surface area contributed by atoms with Crippen molar-refractivity contribution in [2.24, 2.45) is 5.92 Å². The third-order valence-corrected chi connectivity index (χ3v) is 5.90. The molecule has 2 saturated heterocycles. The fourth-order valence-electron chi connectivity index (χ4n) is 4.48. The van der Waals surface area contributed by atoms with E-state index in [0.717, 1.165) is 18.0 Å². The molecule has 3 unspecified atom stereocenters. The number of benzene rings is 1. The molecule has 2 aliphatic rings. The maximum atomic E-state index is 3.62. The van der Waals surface area contributed by atoms with Crippen molar-refractivity contribution in [3.8, 4) is 0 Å². The van der Waals surface area contributed by atoms with E-state index in [1.807, 2.05) is 0 Å². The average Bonchev–Trinajstić information content (AvgIpc) is 2.66. The fourth-order valence-corrected chi connectivity index (χ4v) is 4.48. The number of hydrogen-bond acceptors (Lipinski definition) is 2. The lowest BCUT2D eigenvalue weighted by atomic mass is 9.80. The topological polar surface area (TPSA) is 15.3 Å². The Morgan fingerprint density at radius 2 is 1.80 bits per heavy atom. The van der Waals surface area contributed by atoms with Gasteiger partial charge in [-0.1, -0.05) is 18.2 Å². The largest absolute Gasteiger partial charge is 0.313 e. The molecule has 0 aromatic heterocycles. The zero-order valence-corrected chi connectivity index (χ0v) is 13.3. The third kappa shape index (κ3) is 2.29. The van der Waals surface area contributed by atoms with Crippen LogP contribution in [0.25, 0.3) is 0 Å². The fraction of sp³-hybridized carbons (Fsp3) is 0.667. The molecule has 1 N–H and O–H groups in total. The molecule has 2 heteroatoms. The number of piperidine rings is 1. The summed E-state index contributed by atoms with van der Waals surface area (Å²) < 4.78 is 0. The Bertz CT molecular complexity index is 468. The Balaban J connectivity index is 1.86. The van der Waals surface area contributed by atoms with Crippen molar-refractivity contribution < 1.29 is 0 Å². The molecule has 1 aromatic rings. The molecule has 0 radical (unpaired) electrons. The van der Waals surface area contributed by atoms with Crippen LogP contribution in [-0.4, -0.2) is 31.1 Å². The Labute approximate surface area is 123 Å². The summed E-state index contributed by atoms with van der Waals surface area (Å²) in [6.45, 7) is 4.50. The summed E-state index contributed by atoms with van der Waals surface area (Å²) in [6.07, 6.45) is 5.51. The van der Waals surface area contributed by atoms with Crippen LogP contribution in [0, 0.1) is 19.8 Å². The monoisotopic (exact) mass is 272 g/mol. The van der Waals surface area contributed by atoms with E-state index in [2.05, 4.69) is 56.4 Å². The first kappa shape index (κ1) is 14.1. The van der Waals surface area contributed by atoms with Crippen molar-refractivity contribution in [1.29, 1.82) is 0 Å². The Kier molecular flexibility index (Phi) is 3.87. The van der Waals surface area contributed by atoms with Gasteiger partial charge < -0.3 is 10.2 Å². The summed E-state index contributed by atoms with van der Waals surface area (Å²) >= 11 is 0. The van der Waals surface area contributed by atoms with Crippen LogP contribution in [0.4, 0.5) is 0 Å². The van der Waals surface area contributed by atoms with E-state index < -0.39 is 0 Å². The number of fused-ring (bicyclic) bond motifs is 2. The molecule has 2 fully saturated rings. The number of nitrogens with one attached hydrogen (secondary N) is 1. The number of nitrogens with zero attached hydrogens (tertiary/aromatic N) is 1. The van der Waals surface area contributed by atoms with Gasteiger partial charge in [-0.2, -0.15) is 0 Å². The lowest BCUT2D eigenvalue weighted by Gasteiger charge is -2.40. The lowest BCUT2D eigenvalue weighted by Crippen LogP contribution is -2.43. The van der Waals surface area contributed by atoms with Crippen LogP contribution in [0.15, 0.2) is 18.2 Å². The maximum Gasteiger partial charge on any atom is 0.0350 e. The van der Waals surface area contributed by atoms with Crippen LogP contribution in [0.1, 0.15) is 48.4 Å². The van der Waals surface area contributed by atoms with E-state index in [1.165, 1.54) is 42.4 Å². The van der Waals surface area contributed by atoms with Crippen molar-refractivity contribution >= 4 is 0 Å². The van der Waals surface area contributed by atoms with Gasteiger partial charge >= 0.3 is 0 Å². The molecule has 110 valence electrons. The zero-order chi connectivity index (χ0) is 14.3. The molecule has 20 heavy (non-hydrogen) atoms. The molecule has 0 amide bonds. The van der Waals surface area contributed by atoms with Gasteiger partial charge in [-0.25, -0.2) is 0 Å². The molecular formula is C18H28N2. The predicted octanol–water partition coefficient (Wildman–Crippen LogP) is 3.44. The van der Waals surface area contributed by atoms with Crippen molar-refractivity contribution in [3.63, 3.8) is 0 Å². The highest BCUT2D eigenvalue weighted by Crippen LogP contribution is 2.43. The van der Waals surface area contributed by atoms with Crippen LogP contribution >= 0.6 is 0 Å². The molecule has 0 saturated carbocycles. The highest BCUT2D eigenvalue weighted by atomic mass is 15.2. The first-order valence-electron chi connectivity index (χ1n) is 8.07. The summed E-state index contributed by atoms with van der Waals surface area (Å²) in [5.74, 6) is 0.786. The Morgan fingerprint density at radius 3 is 2.40 bits per heavy atom. The Hall–Kier alpha value is -0.860. The van der Waals surface area contributed by atoms with Gasteiger partial charge in [0.1, 0.15) is 0 Å². The normalized spacial score (nSPS) is 31.5. The quantitative estimate of drug-likeness (QED) is 0.907. The van der Waals surface area contributed by atoms with Crippen molar-refractivity contribution in [3.05, 3.63) is 34.9 Å². The summed E-state index contributed by atoms with van der Waals surface area (Å²) in [7, 11) is 4.46. The van der Waals surface area contributed by atoms with Gasteiger partial charge in [0.2, 0.25) is 0 Å². The number of rotatable bonds is 3. The van der Waals surface area contributed by atoms with E-state index in [9.17, 15) is 0 Å². The molecule has 3 rings (SSSR count). The first-order valence-corrected chi connectivity index (χ1v) is 8.07. The van der Waals surface area contributed by atoms with E-state index in [1.54, 1.807) is 0 Å². The minimum absolute atomic E-state index is 0.520. The van der Waals surface area contributed by atoms with Gasteiger partial charge in [0.25, 0.3) is 0 Å². The van der Waals surface area contributed by atoms with Gasteiger partial charge in [0.15, 0.2) is 0 Å². The lowest BCUT2D eigenvalue weighted by molar-refractivity contribution is 0.114. The summed E-state index contributed by atoms with van der Waals surface area (Å²) in [4.78, 5) is 2.63. The first-order chi connectivity index (χ1) is 9.61.